The van der Waals surface area contributed by atoms with Gasteiger partial charge in [-0.25, -0.2) is 4.98 Å². The summed E-state index contributed by atoms with van der Waals surface area (Å²) in [6, 6.07) is -0.501. The third-order valence-electron chi connectivity index (χ3n) is 1.84. The van der Waals surface area contributed by atoms with Crippen molar-refractivity contribution < 1.29 is 9.84 Å². The van der Waals surface area contributed by atoms with E-state index in [0.717, 1.165) is 0 Å². The molecule has 1 aromatic rings. The lowest BCUT2D eigenvalue weighted by molar-refractivity contribution is 0.219. The minimum absolute atomic E-state index is 0.0175. The Balaban J connectivity index is 3.02. The van der Waals surface area contributed by atoms with Crippen LogP contribution in [0.25, 0.3) is 0 Å². The summed E-state index contributed by atoms with van der Waals surface area (Å²) in [5, 5.41) is 8.98. The molecular weight excluding hydrogens is 194 g/mol. The van der Waals surface area contributed by atoms with Gasteiger partial charge in [0.05, 0.1) is 24.3 Å². The lowest BCUT2D eigenvalue weighted by atomic mass is 10.1. The molecule has 0 spiro atoms. The molecule has 0 amide bonds. The maximum atomic E-state index is 8.98. The number of hydrogen-bond acceptors (Lipinski definition) is 5. The van der Waals surface area contributed by atoms with Crippen LogP contribution in [-0.2, 0) is 0 Å². The SMILES string of the molecule is Cc1ncc(C(N)CO)c(OC(C)C)n1. The van der Waals surface area contributed by atoms with Gasteiger partial charge >= 0.3 is 0 Å². The van der Waals surface area contributed by atoms with Gasteiger partial charge in [-0.15, -0.1) is 0 Å². The highest BCUT2D eigenvalue weighted by Gasteiger charge is 2.14. The fourth-order valence-corrected chi connectivity index (χ4v) is 1.13. The summed E-state index contributed by atoms with van der Waals surface area (Å²) >= 11 is 0. The van der Waals surface area contributed by atoms with Crippen molar-refractivity contribution in [3.8, 4) is 5.88 Å². The first-order valence-corrected chi connectivity index (χ1v) is 4.91. The first-order chi connectivity index (χ1) is 7.04. The second-order valence-electron chi connectivity index (χ2n) is 3.63. The Labute approximate surface area is 89.3 Å². The topological polar surface area (TPSA) is 81.3 Å². The molecule has 1 aromatic heterocycles. The van der Waals surface area contributed by atoms with Crippen molar-refractivity contribution in [2.75, 3.05) is 6.61 Å². The Kier molecular flexibility index (Phi) is 3.99. The molecule has 1 atom stereocenters. The number of aliphatic hydroxyl groups excluding tert-OH is 1. The average molecular weight is 211 g/mol. The molecule has 0 radical (unpaired) electrons. The first-order valence-electron chi connectivity index (χ1n) is 4.91. The maximum Gasteiger partial charge on any atom is 0.221 e. The summed E-state index contributed by atoms with van der Waals surface area (Å²) in [5.74, 6) is 1.08. The quantitative estimate of drug-likeness (QED) is 0.760. The first kappa shape index (κ1) is 11.9. The van der Waals surface area contributed by atoms with Gasteiger partial charge in [0.15, 0.2) is 0 Å². The van der Waals surface area contributed by atoms with Crippen molar-refractivity contribution >= 4 is 0 Å². The molecule has 0 aliphatic carbocycles. The lowest BCUT2D eigenvalue weighted by Gasteiger charge is -2.16. The van der Waals surface area contributed by atoms with E-state index in [1.54, 1.807) is 13.1 Å². The molecular formula is C10H17N3O2. The third-order valence-corrected chi connectivity index (χ3v) is 1.84. The van der Waals surface area contributed by atoms with Crippen LogP contribution in [0.2, 0.25) is 0 Å². The summed E-state index contributed by atoms with van der Waals surface area (Å²) < 4.78 is 5.51. The van der Waals surface area contributed by atoms with Crippen molar-refractivity contribution in [3.63, 3.8) is 0 Å². The van der Waals surface area contributed by atoms with Crippen LogP contribution in [0, 0.1) is 6.92 Å². The van der Waals surface area contributed by atoms with E-state index in [9.17, 15) is 0 Å². The van der Waals surface area contributed by atoms with Crippen LogP contribution in [0.4, 0.5) is 0 Å². The molecule has 0 aliphatic heterocycles. The number of ether oxygens (including phenoxy) is 1. The van der Waals surface area contributed by atoms with E-state index in [1.165, 1.54) is 0 Å². The maximum absolute atomic E-state index is 8.98. The van der Waals surface area contributed by atoms with E-state index in [-0.39, 0.29) is 12.7 Å². The smallest absolute Gasteiger partial charge is 0.221 e. The average Bonchev–Trinajstić information content (AvgIpc) is 2.16. The largest absolute Gasteiger partial charge is 0.475 e. The third kappa shape index (κ3) is 3.14. The predicted molar refractivity (Wildman–Crippen MR) is 56.5 cm³/mol. The van der Waals surface area contributed by atoms with Crippen LogP contribution in [0.3, 0.4) is 0 Å². The fraction of sp³-hybridized carbons (Fsp3) is 0.600. The fourth-order valence-electron chi connectivity index (χ4n) is 1.13. The number of nitrogens with zero attached hydrogens (tertiary/aromatic N) is 2. The molecule has 0 fully saturated rings. The van der Waals surface area contributed by atoms with Crippen LogP contribution in [0.5, 0.6) is 5.88 Å². The summed E-state index contributed by atoms with van der Waals surface area (Å²) in [7, 11) is 0. The Hall–Kier alpha value is -1.20. The highest BCUT2D eigenvalue weighted by atomic mass is 16.5. The van der Waals surface area contributed by atoms with E-state index in [0.29, 0.717) is 17.3 Å². The van der Waals surface area contributed by atoms with Gasteiger partial charge < -0.3 is 15.6 Å². The van der Waals surface area contributed by atoms with Gasteiger partial charge in [0.1, 0.15) is 5.82 Å². The van der Waals surface area contributed by atoms with Crippen LogP contribution < -0.4 is 10.5 Å². The normalized spacial score (nSPS) is 12.9. The zero-order valence-electron chi connectivity index (χ0n) is 9.27. The molecule has 1 heterocycles. The van der Waals surface area contributed by atoms with E-state index in [1.807, 2.05) is 13.8 Å². The second-order valence-corrected chi connectivity index (χ2v) is 3.63. The van der Waals surface area contributed by atoms with Gasteiger partial charge in [-0.1, -0.05) is 0 Å². The molecule has 0 aliphatic rings. The zero-order valence-corrected chi connectivity index (χ0v) is 9.27. The van der Waals surface area contributed by atoms with Gasteiger partial charge in [0.25, 0.3) is 0 Å². The highest BCUT2D eigenvalue weighted by Crippen LogP contribution is 2.21. The number of aromatic nitrogens is 2. The van der Waals surface area contributed by atoms with Crippen LogP contribution in [0.1, 0.15) is 31.3 Å². The number of hydrogen-bond donors (Lipinski definition) is 2. The zero-order chi connectivity index (χ0) is 11.4. The molecule has 0 saturated carbocycles. The standard InChI is InChI=1S/C10H17N3O2/c1-6(2)15-10-8(9(11)5-14)4-12-7(3)13-10/h4,6,9,14H,5,11H2,1-3H3. The van der Waals surface area contributed by atoms with Crippen molar-refractivity contribution in [1.29, 1.82) is 0 Å². The Bertz CT molecular complexity index is 328. The van der Waals surface area contributed by atoms with Gasteiger partial charge in [-0.05, 0) is 20.8 Å². The van der Waals surface area contributed by atoms with Crippen molar-refractivity contribution in [2.24, 2.45) is 5.73 Å². The van der Waals surface area contributed by atoms with Crippen molar-refractivity contribution in [2.45, 2.75) is 32.9 Å². The van der Waals surface area contributed by atoms with Crippen molar-refractivity contribution in [3.05, 3.63) is 17.6 Å². The summed E-state index contributed by atoms with van der Waals surface area (Å²) in [6.45, 7) is 5.44. The molecule has 1 unspecified atom stereocenters. The second kappa shape index (κ2) is 5.04. The van der Waals surface area contributed by atoms with Gasteiger partial charge in [0, 0.05) is 6.20 Å². The molecule has 0 bridgehead atoms. The van der Waals surface area contributed by atoms with E-state index < -0.39 is 6.04 Å². The molecule has 1 rings (SSSR count). The molecule has 5 nitrogen and oxygen atoms in total. The monoisotopic (exact) mass is 211 g/mol. The number of rotatable bonds is 4. The number of aliphatic hydroxyl groups is 1. The minimum Gasteiger partial charge on any atom is -0.475 e. The van der Waals surface area contributed by atoms with E-state index in [4.69, 9.17) is 15.6 Å². The van der Waals surface area contributed by atoms with E-state index >= 15 is 0 Å². The predicted octanol–water partition coefficient (Wildman–Crippen LogP) is 0.564. The van der Waals surface area contributed by atoms with Crippen LogP contribution in [-0.4, -0.2) is 27.8 Å². The Morgan fingerprint density at radius 2 is 2.20 bits per heavy atom. The lowest BCUT2D eigenvalue weighted by Crippen LogP contribution is -2.19. The summed E-state index contributed by atoms with van der Waals surface area (Å²) in [6.07, 6.45) is 1.62. The summed E-state index contributed by atoms with van der Waals surface area (Å²) in [5.41, 5.74) is 6.35. The van der Waals surface area contributed by atoms with Crippen LogP contribution >= 0.6 is 0 Å². The Morgan fingerprint density at radius 3 is 2.73 bits per heavy atom. The number of aryl methyl sites for hydroxylation is 1. The molecule has 3 N–H and O–H groups in total. The van der Waals surface area contributed by atoms with Gasteiger partial charge in [-0.2, -0.15) is 4.98 Å². The molecule has 0 saturated heterocycles. The molecule has 0 aromatic carbocycles. The molecule has 5 heteroatoms. The highest BCUT2D eigenvalue weighted by molar-refractivity contribution is 5.27. The van der Waals surface area contributed by atoms with Crippen LogP contribution in [0.15, 0.2) is 6.20 Å². The summed E-state index contributed by atoms with van der Waals surface area (Å²) in [4.78, 5) is 8.19. The Morgan fingerprint density at radius 1 is 1.53 bits per heavy atom. The number of nitrogens with two attached hydrogens (primary N) is 1. The minimum atomic E-state index is -0.501. The van der Waals surface area contributed by atoms with E-state index in [2.05, 4.69) is 9.97 Å². The van der Waals surface area contributed by atoms with Gasteiger partial charge in [0.2, 0.25) is 5.88 Å². The molecule has 84 valence electrons. The molecule has 15 heavy (non-hydrogen) atoms. The van der Waals surface area contributed by atoms with Gasteiger partial charge in [-0.3, -0.25) is 0 Å². The van der Waals surface area contributed by atoms with Crippen molar-refractivity contribution in [1.82, 2.24) is 9.97 Å².